The zero-order chi connectivity index (χ0) is 18.9. The molecule has 0 unspecified atom stereocenters. The third kappa shape index (κ3) is 4.63. The number of amides is 1. The van der Waals surface area contributed by atoms with E-state index in [1.165, 1.54) is 25.6 Å². The van der Waals surface area contributed by atoms with Crippen LogP contribution in [0.15, 0.2) is 33.7 Å². The molecule has 1 aromatic carbocycles. The molecule has 0 saturated heterocycles. The van der Waals surface area contributed by atoms with Crippen molar-refractivity contribution in [2.75, 3.05) is 20.8 Å². The topological polar surface area (TPSA) is 128 Å². The zero-order valence-corrected chi connectivity index (χ0v) is 15.4. The minimum absolute atomic E-state index is 0.188. The van der Waals surface area contributed by atoms with Crippen LogP contribution < -0.4 is 20.0 Å². The van der Waals surface area contributed by atoms with E-state index in [1.54, 1.807) is 18.2 Å². The first-order valence-corrected chi connectivity index (χ1v) is 8.71. The van der Waals surface area contributed by atoms with E-state index >= 15 is 0 Å². The molecule has 0 spiro atoms. The molecule has 0 aliphatic carbocycles. The molecule has 1 heterocycles. The summed E-state index contributed by atoms with van der Waals surface area (Å²) in [7, 11) is 3.02. The number of carbonyl (C=O) groups is 1. The summed E-state index contributed by atoms with van der Waals surface area (Å²) < 4.78 is 12.2. The van der Waals surface area contributed by atoms with Gasteiger partial charge in [0, 0.05) is 28.6 Å². The lowest BCUT2D eigenvalue weighted by Gasteiger charge is -2.08. The maximum Gasteiger partial charge on any atom is 0.283 e. The molecule has 0 aliphatic rings. The average molecular weight is 376 g/mol. The van der Waals surface area contributed by atoms with E-state index in [0.717, 1.165) is 5.69 Å². The van der Waals surface area contributed by atoms with Gasteiger partial charge in [-0.1, -0.05) is 5.11 Å². The summed E-state index contributed by atoms with van der Waals surface area (Å²) in [4.78, 5) is 20.2. The van der Waals surface area contributed by atoms with Crippen LogP contribution in [0.2, 0.25) is 0 Å². The molecule has 9 nitrogen and oxygen atoms in total. The minimum atomic E-state index is -0.428. The van der Waals surface area contributed by atoms with Gasteiger partial charge < -0.3 is 19.8 Å². The number of hydrogen-bond acceptors (Lipinski definition) is 6. The Hall–Kier alpha value is -2.81. The van der Waals surface area contributed by atoms with Gasteiger partial charge in [-0.3, -0.25) is 4.79 Å². The molecule has 0 aliphatic heterocycles. The quantitative estimate of drug-likeness (QED) is 0.431. The standard InChI is InChI=1S/C16H20N6O3S/c1-24-12-4-5-13(14(8-12)25-2)15(23)20-16-22(7-3-6-17)11(10-26-16)9-19-21-18/h4-5,8,10H,3,6-7,9,17H2,1-2H3. The molecular formula is C16H20N6O3S. The number of thiazole rings is 1. The van der Waals surface area contributed by atoms with E-state index in [0.29, 0.717) is 41.4 Å². The smallest absolute Gasteiger partial charge is 0.283 e. The Morgan fingerprint density at radius 3 is 2.85 bits per heavy atom. The fourth-order valence-corrected chi connectivity index (χ4v) is 3.21. The van der Waals surface area contributed by atoms with Crippen molar-refractivity contribution in [3.8, 4) is 11.5 Å². The summed E-state index contributed by atoms with van der Waals surface area (Å²) in [5.41, 5.74) is 15.2. The van der Waals surface area contributed by atoms with E-state index < -0.39 is 5.91 Å². The maximum absolute atomic E-state index is 12.6. The molecule has 0 fully saturated rings. The molecule has 1 amide bonds. The highest BCUT2D eigenvalue weighted by Crippen LogP contribution is 2.25. The molecule has 2 aromatic rings. The van der Waals surface area contributed by atoms with Crippen LogP contribution in [0.1, 0.15) is 22.5 Å². The zero-order valence-electron chi connectivity index (χ0n) is 14.6. The molecule has 138 valence electrons. The molecule has 1 aromatic heterocycles. The van der Waals surface area contributed by atoms with Gasteiger partial charge in [-0.15, -0.1) is 11.3 Å². The summed E-state index contributed by atoms with van der Waals surface area (Å²) in [6, 6.07) is 4.92. The first-order chi connectivity index (χ1) is 12.6. The molecule has 10 heteroatoms. The van der Waals surface area contributed by atoms with Gasteiger partial charge in [-0.25, -0.2) is 0 Å². The van der Waals surface area contributed by atoms with Crippen molar-refractivity contribution >= 4 is 17.2 Å². The predicted octanol–water partition coefficient (Wildman–Crippen LogP) is 2.47. The number of rotatable bonds is 8. The van der Waals surface area contributed by atoms with Crippen LogP contribution in [-0.4, -0.2) is 31.2 Å². The van der Waals surface area contributed by atoms with Crippen LogP contribution in [0.25, 0.3) is 10.4 Å². The molecule has 0 bridgehead atoms. The van der Waals surface area contributed by atoms with Crippen molar-refractivity contribution in [1.29, 1.82) is 0 Å². The SMILES string of the molecule is COc1ccc(C(=O)N=c2scc(CN=[N+]=[N-])n2CCCN)c(OC)c1. The molecule has 0 saturated carbocycles. The number of nitrogens with two attached hydrogens (primary N) is 1. The lowest BCUT2D eigenvalue weighted by Crippen LogP contribution is -2.21. The maximum atomic E-state index is 12.6. The van der Waals surface area contributed by atoms with Gasteiger partial charge in [0.1, 0.15) is 11.5 Å². The number of aromatic nitrogens is 1. The third-order valence-corrected chi connectivity index (χ3v) is 4.51. The normalized spacial score (nSPS) is 11.1. The van der Waals surface area contributed by atoms with Crippen LogP contribution in [-0.2, 0) is 13.1 Å². The Bertz CT molecular complexity index is 882. The van der Waals surface area contributed by atoms with Crippen LogP contribution in [0.3, 0.4) is 0 Å². The van der Waals surface area contributed by atoms with Gasteiger partial charge in [0.2, 0.25) is 0 Å². The van der Waals surface area contributed by atoms with Gasteiger partial charge in [0.05, 0.1) is 26.3 Å². The second-order valence-electron chi connectivity index (χ2n) is 5.18. The first kappa shape index (κ1) is 19.5. The summed E-state index contributed by atoms with van der Waals surface area (Å²) in [5.74, 6) is 0.546. The number of hydrogen-bond donors (Lipinski definition) is 1. The van der Waals surface area contributed by atoms with Gasteiger partial charge in [-0.2, -0.15) is 4.99 Å². The monoisotopic (exact) mass is 376 g/mol. The summed E-state index contributed by atoms with van der Waals surface area (Å²) >= 11 is 1.31. The third-order valence-electron chi connectivity index (χ3n) is 3.60. The predicted molar refractivity (Wildman–Crippen MR) is 98.3 cm³/mol. The van der Waals surface area contributed by atoms with Gasteiger partial charge >= 0.3 is 0 Å². The van der Waals surface area contributed by atoms with Crippen LogP contribution in [0.4, 0.5) is 0 Å². The Morgan fingerprint density at radius 2 is 2.19 bits per heavy atom. The first-order valence-electron chi connectivity index (χ1n) is 7.83. The lowest BCUT2D eigenvalue weighted by atomic mass is 10.2. The second-order valence-corrected chi connectivity index (χ2v) is 6.01. The lowest BCUT2D eigenvalue weighted by molar-refractivity contribution is 0.0994. The average Bonchev–Trinajstić information content (AvgIpc) is 3.05. The van der Waals surface area contributed by atoms with Crippen molar-refractivity contribution in [3.05, 3.63) is 50.1 Å². The van der Waals surface area contributed by atoms with E-state index in [-0.39, 0.29) is 6.54 Å². The summed E-state index contributed by atoms with van der Waals surface area (Å²) in [6.45, 7) is 1.28. The molecule has 26 heavy (non-hydrogen) atoms. The highest BCUT2D eigenvalue weighted by atomic mass is 32.1. The number of nitrogens with zero attached hydrogens (tertiary/aromatic N) is 5. The number of methoxy groups -OCH3 is 2. The summed E-state index contributed by atoms with van der Waals surface area (Å²) in [6.07, 6.45) is 0.716. The van der Waals surface area contributed by atoms with Crippen molar-refractivity contribution in [2.45, 2.75) is 19.5 Å². The fourth-order valence-electron chi connectivity index (χ4n) is 2.30. The number of benzene rings is 1. The van der Waals surface area contributed by atoms with E-state index in [4.69, 9.17) is 20.7 Å². The molecule has 0 atom stereocenters. The molecule has 2 rings (SSSR count). The number of ether oxygens (including phenoxy) is 2. The Kier molecular flexibility index (Phi) is 7.22. The van der Waals surface area contributed by atoms with E-state index in [1.807, 2.05) is 9.95 Å². The second kappa shape index (κ2) is 9.62. The van der Waals surface area contributed by atoms with Crippen molar-refractivity contribution in [3.63, 3.8) is 0 Å². The van der Waals surface area contributed by atoms with Crippen LogP contribution in [0, 0.1) is 0 Å². The van der Waals surface area contributed by atoms with E-state index in [9.17, 15) is 4.79 Å². The van der Waals surface area contributed by atoms with E-state index in [2.05, 4.69) is 15.0 Å². The fraction of sp³-hybridized carbons (Fsp3) is 0.375. The van der Waals surface area contributed by atoms with Crippen molar-refractivity contribution < 1.29 is 14.3 Å². The molecule has 2 N–H and O–H groups in total. The Labute approximate surface area is 154 Å². The Balaban J connectivity index is 2.43. The highest BCUT2D eigenvalue weighted by Gasteiger charge is 2.14. The largest absolute Gasteiger partial charge is 0.497 e. The van der Waals surface area contributed by atoms with Crippen LogP contribution >= 0.6 is 11.3 Å². The van der Waals surface area contributed by atoms with Gasteiger partial charge in [0.15, 0.2) is 4.80 Å². The van der Waals surface area contributed by atoms with Crippen LogP contribution in [0.5, 0.6) is 11.5 Å². The van der Waals surface area contributed by atoms with Gasteiger partial charge in [-0.05, 0) is 30.6 Å². The van der Waals surface area contributed by atoms with Crippen molar-refractivity contribution in [2.24, 2.45) is 15.8 Å². The summed E-state index contributed by atoms with van der Waals surface area (Å²) in [5, 5.41) is 5.40. The molecular weight excluding hydrogens is 356 g/mol. The molecule has 0 radical (unpaired) electrons. The number of azide groups is 1. The van der Waals surface area contributed by atoms with Gasteiger partial charge in [0.25, 0.3) is 5.91 Å². The van der Waals surface area contributed by atoms with Crippen molar-refractivity contribution in [1.82, 2.24) is 4.57 Å². The number of carbonyl (C=O) groups excluding carboxylic acids is 1. The highest BCUT2D eigenvalue weighted by molar-refractivity contribution is 7.07. The minimum Gasteiger partial charge on any atom is -0.497 e. The Morgan fingerprint density at radius 1 is 1.38 bits per heavy atom.